The third-order valence-electron chi connectivity index (χ3n) is 4.55. The zero-order valence-corrected chi connectivity index (χ0v) is 18.5. The fourth-order valence-corrected chi connectivity index (χ4v) is 3.28. The highest BCUT2D eigenvalue weighted by Crippen LogP contribution is 2.41. The number of ether oxygens (including phenoxy) is 6. The van der Waals surface area contributed by atoms with Crippen LogP contribution in [0.3, 0.4) is 0 Å². The fraction of sp³-hybridized carbons (Fsp3) is 0.364. The SMILES string of the molecule is COCCOCOc1cc(Cl)c(-c2cccc3c2C(=O)NC3=O)cc1OCOCCOC. The second kappa shape index (κ2) is 11.8. The Bertz CT molecular complexity index is 965. The van der Waals surface area contributed by atoms with Crippen molar-refractivity contribution in [2.24, 2.45) is 0 Å². The molecule has 3 rings (SSSR count). The summed E-state index contributed by atoms with van der Waals surface area (Å²) in [6.45, 7) is 1.46. The van der Waals surface area contributed by atoms with Crippen LogP contribution in [0.5, 0.6) is 11.5 Å². The van der Waals surface area contributed by atoms with E-state index in [0.717, 1.165) is 0 Å². The summed E-state index contributed by atoms with van der Waals surface area (Å²) in [5.41, 5.74) is 1.57. The van der Waals surface area contributed by atoms with E-state index in [2.05, 4.69) is 5.32 Å². The summed E-state index contributed by atoms with van der Waals surface area (Å²) in [4.78, 5) is 24.4. The molecule has 1 heterocycles. The molecule has 0 fully saturated rings. The molecular weight excluding hydrogens is 442 g/mol. The molecule has 9 nitrogen and oxygen atoms in total. The van der Waals surface area contributed by atoms with E-state index in [1.54, 1.807) is 44.6 Å². The van der Waals surface area contributed by atoms with Crippen molar-refractivity contribution in [2.75, 3.05) is 54.2 Å². The van der Waals surface area contributed by atoms with Gasteiger partial charge in [0.05, 0.1) is 42.6 Å². The zero-order chi connectivity index (χ0) is 22.9. The standard InChI is InChI=1S/C22H24ClNO8/c1-27-6-8-29-12-31-18-10-16(17(23)11-19(18)32-13-30-9-7-28-2)14-4-3-5-15-20(14)22(26)24-21(15)25/h3-5,10-11H,6-9,12-13H2,1-2H3,(H,24,25,26). The highest BCUT2D eigenvalue weighted by atomic mass is 35.5. The van der Waals surface area contributed by atoms with Crippen molar-refractivity contribution in [1.82, 2.24) is 5.32 Å². The molecule has 0 aromatic heterocycles. The van der Waals surface area contributed by atoms with Gasteiger partial charge in [0.1, 0.15) is 0 Å². The van der Waals surface area contributed by atoms with E-state index in [-0.39, 0.29) is 19.1 Å². The number of nitrogens with one attached hydrogen (secondary N) is 1. The van der Waals surface area contributed by atoms with Crippen LogP contribution in [0.1, 0.15) is 20.7 Å². The monoisotopic (exact) mass is 465 g/mol. The Morgan fingerprint density at radius 2 is 1.38 bits per heavy atom. The van der Waals surface area contributed by atoms with Crippen LogP contribution in [-0.4, -0.2) is 66.0 Å². The van der Waals surface area contributed by atoms with Gasteiger partial charge in [-0.15, -0.1) is 0 Å². The first-order valence-electron chi connectivity index (χ1n) is 9.78. The quantitative estimate of drug-likeness (QED) is 0.274. The molecule has 0 bridgehead atoms. The molecule has 0 unspecified atom stereocenters. The van der Waals surface area contributed by atoms with Crippen LogP contribution in [0.25, 0.3) is 11.1 Å². The molecule has 2 amide bonds. The number of rotatable bonds is 13. The number of halogens is 1. The molecule has 1 aliphatic rings. The normalized spacial score (nSPS) is 12.6. The summed E-state index contributed by atoms with van der Waals surface area (Å²) in [6.07, 6.45) is 0. The molecule has 1 aliphatic heterocycles. The summed E-state index contributed by atoms with van der Waals surface area (Å²) in [7, 11) is 3.15. The van der Waals surface area contributed by atoms with Gasteiger partial charge in [0, 0.05) is 25.8 Å². The first kappa shape index (κ1) is 24.0. The van der Waals surface area contributed by atoms with E-state index >= 15 is 0 Å². The number of fused-ring (bicyclic) bond motifs is 1. The first-order valence-corrected chi connectivity index (χ1v) is 10.2. The Morgan fingerprint density at radius 3 is 2.00 bits per heavy atom. The number of benzene rings is 2. The van der Waals surface area contributed by atoms with Crippen LogP contribution in [0.4, 0.5) is 0 Å². The van der Waals surface area contributed by atoms with E-state index in [1.165, 1.54) is 0 Å². The van der Waals surface area contributed by atoms with Crippen molar-refractivity contribution >= 4 is 23.4 Å². The van der Waals surface area contributed by atoms with Crippen molar-refractivity contribution in [2.45, 2.75) is 0 Å². The van der Waals surface area contributed by atoms with Crippen LogP contribution in [-0.2, 0) is 18.9 Å². The Kier molecular flexibility index (Phi) is 8.83. The summed E-state index contributed by atoms with van der Waals surface area (Å²) < 4.78 is 32.0. The average molecular weight is 466 g/mol. The molecule has 0 aliphatic carbocycles. The third-order valence-corrected chi connectivity index (χ3v) is 4.86. The second-order valence-electron chi connectivity index (χ2n) is 6.62. The fourth-order valence-electron chi connectivity index (χ4n) is 3.02. The lowest BCUT2D eigenvalue weighted by molar-refractivity contribution is -0.0206. The van der Waals surface area contributed by atoms with Gasteiger partial charge in [0.25, 0.3) is 11.8 Å². The predicted octanol–water partition coefficient (Wildman–Crippen LogP) is 2.89. The molecule has 172 valence electrons. The minimum Gasteiger partial charge on any atom is -0.464 e. The average Bonchev–Trinajstić information content (AvgIpc) is 3.08. The molecule has 0 radical (unpaired) electrons. The highest BCUT2D eigenvalue weighted by Gasteiger charge is 2.30. The van der Waals surface area contributed by atoms with Gasteiger partial charge in [-0.3, -0.25) is 14.9 Å². The van der Waals surface area contributed by atoms with E-state index < -0.39 is 11.8 Å². The van der Waals surface area contributed by atoms with Crippen LogP contribution in [0, 0.1) is 0 Å². The number of carbonyl (C=O) groups excluding carboxylic acids is 2. The Balaban J connectivity index is 1.88. The van der Waals surface area contributed by atoms with Gasteiger partial charge in [0.2, 0.25) is 0 Å². The molecule has 2 aromatic carbocycles. The van der Waals surface area contributed by atoms with Crippen LogP contribution in [0.2, 0.25) is 5.02 Å². The van der Waals surface area contributed by atoms with Gasteiger partial charge >= 0.3 is 0 Å². The van der Waals surface area contributed by atoms with Gasteiger partial charge in [0.15, 0.2) is 25.1 Å². The molecule has 1 N–H and O–H groups in total. The maximum absolute atomic E-state index is 12.3. The number of amides is 2. The maximum atomic E-state index is 12.3. The van der Waals surface area contributed by atoms with Gasteiger partial charge in [-0.2, -0.15) is 0 Å². The van der Waals surface area contributed by atoms with Gasteiger partial charge < -0.3 is 28.4 Å². The number of imide groups is 1. The predicted molar refractivity (Wildman–Crippen MR) is 115 cm³/mol. The summed E-state index contributed by atoms with van der Waals surface area (Å²) in [6, 6.07) is 8.19. The number of carbonyl (C=O) groups is 2. The van der Waals surface area contributed by atoms with Gasteiger partial charge in [-0.1, -0.05) is 23.7 Å². The minimum atomic E-state index is -0.478. The molecular formula is C22H24ClNO8. The minimum absolute atomic E-state index is 0.0441. The molecule has 32 heavy (non-hydrogen) atoms. The molecule has 0 saturated heterocycles. The zero-order valence-electron chi connectivity index (χ0n) is 17.8. The van der Waals surface area contributed by atoms with Gasteiger partial charge in [-0.05, 0) is 17.7 Å². The molecule has 2 aromatic rings. The largest absolute Gasteiger partial charge is 0.464 e. The molecule has 0 atom stereocenters. The van der Waals surface area contributed by atoms with Gasteiger partial charge in [-0.25, -0.2) is 0 Å². The van der Waals surface area contributed by atoms with E-state index in [4.69, 9.17) is 40.0 Å². The second-order valence-corrected chi connectivity index (χ2v) is 7.02. The highest BCUT2D eigenvalue weighted by molar-refractivity contribution is 6.34. The molecule has 0 saturated carbocycles. The lowest BCUT2D eigenvalue weighted by Crippen LogP contribution is -2.20. The maximum Gasteiger partial charge on any atom is 0.259 e. The number of hydrogen-bond donors (Lipinski definition) is 1. The van der Waals surface area contributed by atoms with Crippen molar-refractivity contribution < 1.29 is 38.0 Å². The van der Waals surface area contributed by atoms with Crippen LogP contribution in [0.15, 0.2) is 30.3 Å². The third kappa shape index (κ3) is 5.76. The number of methoxy groups -OCH3 is 2. The Morgan fingerprint density at radius 1 is 0.781 bits per heavy atom. The lowest BCUT2D eigenvalue weighted by atomic mass is 9.96. The van der Waals surface area contributed by atoms with E-state index in [0.29, 0.717) is 59.6 Å². The summed E-state index contributed by atoms with van der Waals surface area (Å²) in [5.74, 6) is -0.257. The van der Waals surface area contributed by atoms with Crippen molar-refractivity contribution in [1.29, 1.82) is 0 Å². The molecule has 10 heteroatoms. The Labute approximate surface area is 190 Å². The number of hydrogen-bond acceptors (Lipinski definition) is 8. The van der Waals surface area contributed by atoms with Crippen molar-refractivity contribution in [3.63, 3.8) is 0 Å². The molecule has 0 spiro atoms. The van der Waals surface area contributed by atoms with E-state index in [1.807, 2.05) is 0 Å². The lowest BCUT2D eigenvalue weighted by Gasteiger charge is -2.16. The van der Waals surface area contributed by atoms with Crippen LogP contribution >= 0.6 is 11.6 Å². The smallest absolute Gasteiger partial charge is 0.259 e. The topological polar surface area (TPSA) is 102 Å². The van der Waals surface area contributed by atoms with Crippen molar-refractivity contribution in [3.05, 3.63) is 46.5 Å². The summed E-state index contributed by atoms with van der Waals surface area (Å²) in [5, 5.41) is 2.61. The van der Waals surface area contributed by atoms with Crippen molar-refractivity contribution in [3.8, 4) is 22.6 Å². The van der Waals surface area contributed by atoms with E-state index in [9.17, 15) is 9.59 Å². The van der Waals surface area contributed by atoms with Crippen LogP contribution < -0.4 is 14.8 Å². The summed E-state index contributed by atoms with van der Waals surface area (Å²) >= 11 is 6.53. The first-order chi connectivity index (χ1) is 15.6. The Hall–Kier alpha value is -2.69.